The van der Waals surface area contributed by atoms with Crippen molar-refractivity contribution in [2.45, 2.75) is 13.1 Å². The van der Waals surface area contributed by atoms with Crippen molar-refractivity contribution in [3.63, 3.8) is 0 Å². The molecule has 0 fully saturated rings. The van der Waals surface area contributed by atoms with Crippen LogP contribution in [0.5, 0.6) is 0 Å². The average molecular weight is 341 g/mol. The number of nitrogens with zero attached hydrogens (tertiary/aromatic N) is 5. The SMILES string of the molecule is CN(Cc1ccccc1)C(=O)Cn1c(=O)c2c(ncn2C)n(C)c1=O. The number of aryl methyl sites for hydroxylation is 2. The highest BCUT2D eigenvalue weighted by Gasteiger charge is 2.18. The monoisotopic (exact) mass is 341 g/mol. The molecule has 0 saturated carbocycles. The molecule has 1 amide bonds. The molecule has 0 aliphatic carbocycles. The van der Waals surface area contributed by atoms with E-state index in [4.69, 9.17) is 0 Å². The third-order valence-electron chi connectivity index (χ3n) is 4.18. The van der Waals surface area contributed by atoms with Crippen LogP contribution in [-0.2, 0) is 32.0 Å². The minimum atomic E-state index is -0.558. The molecule has 0 radical (unpaired) electrons. The molecule has 0 aliphatic rings. The highest BCUT2D eigenvalue weighted by atomic mass is 16.2. The lowest BCUT2D eigenvalue weighted by Gasteiger charge is -2.18. The Bertz CT molecular complexity index is 1050. The van der Waals surface area contributed by atoms with Crippen molar-refractivity contribution >= 4 is 17.1 Å². The zero-order valence-electron chi connectivity index (χ0n) is 14.3. The lowest BCUT2D eigenvalue weighted by atomic mass is 10.2. The molecule has 0 saturated heterocycles. The number of rotatable bonds is 4. The molecule has 2 aromatic heterocycles. The molecule has 0 aliphatic heterocycles. The van der Waals surface area contributed by atoms with Crippen LogP contribution in [0.4, 0.5) is 0 Å². The van der Waals surface area contributed by atoms with Crippen LogP contribution < -0.4 is 11.2 Å². The summed E-state index contributed by atoms with van der Waals surface area (Å²) in [5, 5.41) is 0. The second-order valence-electron chi connectivity index (χ2n) is 6.00. The van der Waals surface area contributed by atoms with Crippen LogP contribution in [0.3, 0.4) is 0 Å². The first-order chi connectivity index (χ1) is 11.9. The molecular weight excluding hydrogens is 322 g/mol. The zero-order chi connectivity index (χ0) is 18.1. The number of hydrogen-bond acceptors (Lipinski definition) is 4. The molecule has 25 heavy (non-hydrogen) atoms. The minimum absolute atomic E-state index is 0.292. The molecular formula is C17H19N5O3. The summed E-state index contributed by atoms with van der Waals surface area (Å²) in [5.74, 6) is -0.315. The van der Waals surface area contributed by atoms with Gasteiger partial charge in [-0.1, -0.05) is 30.3 Å². The van der Waals surface area contributed by atoms with Crippen molar-refractivity contribution in [1.82, 2.24) is 23.6 Å². The standard InChI is InChI=1S/C17H19N5O3/c1-19(9-12-7-5-4-6-8-12)13(23)10-22-16(24)14-15(18-11-20(14)2)21(3)17(22)25/h4-8,11H,9-10H2,1-3H3. The molecule has 8 nitrogen and oxygen atoms in total. The van der Waals surface area contributed by atoms with Gasteiger partial charge in [0.15, 0.2) is 11.2 Å². The van der Waals surface area contributed by atoms with E-state index in [-0.39, 0.29) is 12.5 Å². The number of likely N-dealkylation sites (N-methyl/N-ethyl adjacent to an activating group) is 1. The summed E-state index contributed by atoms with van der Waals surface area (Å²) in [6, 6.07) is 9.51. The fraction of sp³-hybridized carbons (Fsp3) is 0.294. The van der Waals surface area contributed by atoms with Crippen molar-refractivity contribution in [2.75, 3.05) is 7.05 Å². The van der Waals surface area contributed by atoms with Gasteiger partial charge in [0.05, 0.1) is 6.33 Å². The molecule has 8 heteroatoms. The van der Waals surface area contributed by atoms with Crippen molar-refractivity contribution in [2.24, 2.45) is 14.1 Å². The number of carbonyl (C=O) groups is 1. The summed E-state index contributed by atoms with van der Waals surface area (Å²) in [5.41, 5.74) is 0.498. The number of amides is 1. The number of imidazole rings is 1. The van der Waals surface area contributed by atoms with E-state index in [1.54, 1.807) is 18.7 Å². The molecule has 130 valence electrons. The van der Waals surface area contributed by atoms with Gasteiger partial charge in [0.25, 0.3) is 5.56 Å². The van der Waals surface area contributed by atoms with Crippen molar-refractivity contribution in [3.8, 4) is 0 Å². The maximum atomic E-state index is 12.6. The Balaban J connectivity index is 1.92. The second kappa shape index (κ2) is 6.39. The predicted octanol–water partition coefficient (Wildman–Crippen LogP) is 0.0923. The molecule has 0 N–H and O–H groups in total. The Labute approximate surface area is 143 Å². The second-order valence-corrected chi connectivity index (χ2v) is 6.00. The first kappa shape index (κ1) is 16.7. The fourth-order valence-electron chi connectivity index (χ4n) is 2.74. The molecule has 1 aromatic carbocycles. The van der Waals surface area contributed by atoms with Gasteiger partial charge in [0.2, 0.25) is 5.91 Å². The van der Waals surface area contributed by atoms with E-state index in [0.29, 0.717) is 17.7 Å². The van der Waals surface area contributed by atoms with Crippen molar-refractivity contribution < 1.29 is 4.79 Å². The van der Waals surface area contributed by atoms with E-state index >= 15 is 0 Å². The van der Waals surface area contributed by atoms with E-state index in [0.717, 1.165) is 10.1 Å². The maximum Gasteiger partial charge on any atom is 0.332 e. The van der Waals surface area contributed by atoms with E-state index in [1.165, 1.54) is 22.8 Å². The van der Waals surface area contributed by atoms with Gasteiger partial charge >= 0.3 is 5.69 Å². The summed E-state index contributed by atoms with van der Waals surface area (Å²) in [4.78, 5) is 43.1. The summed E-state index contributed by atoms with van der Waals surface area (Å²) < 4.78 is 3.78. The summed E-state index contributed by atoms with van der Waals surface area (Å²) in [6.07, 6.45) is 1.47. The van der Waals surface area contributed by atoms with E-state index in [1.807, 2.05) is 30.3 Å². The minimum Gasteiger partial charge on any atom is -0.340 e. The van der Waals surface area contributed by atoms with Crippen LogP contribution in [0.2, 0.25) is 0 Å². The highest BCUT2D eigenvalue weighted by molar-refractivity contribution is 5.76. The van der Waals surface area contributed by atoms with Gasteiger partial charge < -0.3 is 9.47 Å². The Kier molecular flexibility index (Phi) is 4.26. The Morgan fingerprint density at radius 3 is 2.52 bits per heavy atom. The number of aromatic nitrogens is 4. The van der Waals surface area contributed by atoms with E-state index in [9.17, 15) is 14.4 Å². The van der Waals surface area contributed by atoms with Gasteiger partial charge in [-0.3, -0.25) is 14.2 Å². The molecule has 3 aromatic rings. The molecule has 0 bridgehead atoms. The number of carbonyl (C=O) groups excluding carboxylic acids is 1. The number of fused-ring (bicyclic) bond motifs is 1. The smallest absolute Gasteiger partial charge is 0.332 e. The Morgan fingerprint density at radius 1 is 1.16 bits per heavy atom. The fourth-order valence-corrected chi connectivity index (χ4v) is 2.74. The quantitative estimate of drug-likeness (QED) is 0.674. The normalized spacial score (nSPS) is 11.0. The van der Waals surface area contributed by atoms with Gasteiger partial charge in [-0.15, -0.1) is 0 Å². The van der Waals surface area contributed by atoms with E-state index in [2.05, 4.69) is 4.98 Å². The lowest BCUT2D eigenvalue weighted by molar-refractivity contribution is -0.131. The van der Waals surface area contributed by atoms with Crippen LogP contribution >= 0.6 is 0 Å². The van der Waals surface area contributed by atoms with Crippen LogP contribution in [-0.4, -0.2) is 36.5 Å². The van der Waals surface area contributed by atoms with Gasteiger partial charge in [-0.2, -0.15) is 0 Å². The number of hydrogen-bond donors (Lipinski definition) is 0. The average Bonchev–Trinajstić information content (AvgIpc) is 2.99. The summed E-state index contributed by atoms with van der Waals surface area (Å²) in [7, 11) is 4.86. The first-order valence-electron chi connectivity index (χ1n) is 7.79. The molecule has 0 unspecified atom stereocenters. The largest absolute Gasteiger partial charge is 0.340 e. The first-order valence-corrected chi connectivity index (χ1v) is 7.79. The van der Waals surface area contributed by atoms with E-state index < -0.39 is 11.2 Å². The number of benzene rings is 1. The molecule has 2 heterocycles. The third-order valence-corrected chi connectivity index (χ3v) is 4.18. The summed E-state index contributed by atoms with van der Waals surface area (Å²) >= 11 is 0. The lowest BCUT2D eigenvalue weighted by Crippen LogP contribution is -2.43. The van der Waals surface area contributed by atoms with Gasteiger partial charge in [-0.25, -0.2) is 14.3 Å². The molecule has 0 spiro atoms. The van der Waals surface area contributed by atoms with Gasteiger partial charge in [-0.05, 0) is 5.56 Å². The van der Waals surface area contributed by atoms with Crippen LogP contribution in [0.15, 0.2) is 46.2 Å². The van der Waals surface area contributed by atoms with Crippen molar-refractivity contribution in [1.29, 1.82) is 0 Å². The maximum absolute atomic E-state index is 12.6. The van der Waals surface area contributed by atoms with Crippen LogP contribution in [0.1, 0.15) is 5.56 Å². The highest BCUT2D eigenvalue weighted by Crippen LogP contribution is 2.05. The Morgan fingerprint density at radius 2 is 1.84 bits per heavy atom. The topological polar surface area (TPSA) is 82.1 Å². The van der Waals surface area contributed by atoms with Gasteiger partial charge in [0, 0.05) is 27.7 Å². The molecule has 0 atom stereocenters. The zero-order valence-corrected chi connectivity index (χ0v) is 14.3. The predicted molar refractivity (Wildman–Crippen MR) is 93.1 cm³/mol. The van der Waals surface area contributed by atoms with Crippen LogP contribution in [0, 0.1) is 0 Å². The van der Waals surface area contributed by atoms with Crippen molar-refractivity contribution in [3.05, 3.63) is 63.1 Å². The molecule has 3 rings (SSSR count). The summed E-state index contributed by atoms with van der Waals surface area (Å²) in [6.45, 7) is 0.0959. The van der Waals surface area contributed by atoms with Crippen LogP contribution in [0.25, 0.3) is 11.2 Å². The Hall–Kier alpha value is -3.16. The van der Waals surface area contributed by atoms with Gasteiger partial charge in [0.1, 0.15) is 6.54 Å². The third kappa shape index (κ3) is 2.98.